The number of fused-ring (bicyclic) bond motifs is 1. The second-order valence-electron chi connectivity index (χ2n) is 8.35. The summed E-state index contributed by atoms with van der Waals surface area (Å²) in [5.41, 5.74) is 3.19. The summed E-state index contributed by atoms with van der Waals surface area (Å²) in [4.78, 5) is 42.3. The van der Waals surface area contributed by atoms with Crippen molar-refractivity contribution in [3.8, 4) is 11.5 Å². The van der Waals surface area contributed by atoms with Gasteiger partial charge in [-0.15, -0.1) is 0 Å². The van der Waals surface area contributed by atoms with E-state index in [1.165, 1.54) is 0 Å². The predicted molar refractivity (Wildman–Crippen MR) is 115 cm³/mol. The summed E-state index contributed by atoms with van der Waals surface area (Å²) < 4.78 is 11.0. The van der Waals surface area contributed by atoms with Gasteiger partial charge >= 0.3 is 17.8 Å². The minimum absolute atomic E-state index is 0.0555. The van der Waals surface area contributed by atoms with Crippen LogP contribution in [0.5, 0.6) is 11.5 Å². The molecular weight excluding hydrogens is 410 g/mol. The number of hydrogen-bond donors (Lipinski definition) is 0. The number of amides is 4. The monoisotopic (exact) mass is 435 g/mol. The van der Waals surface area contributed by atoms with Gasteiger partial charge in [-0.05, 0) is 48.1 Å². The van der Waals surface area contributed by atoms with E-state index in [2.05, 4.69) is 4.90 Å². The molecule has 0 aromatic heterocycles. The van der Waals surface area contributed by atoms with Crippen LogP contribution in [-0.4, -0.2) is 66.0 Å². The second kappa shape index (κ2) is 7.94. The summed E-state index contributed by atoms with van der Waals surface area (Å²) in [5, 5.41) is 0. The highest BCUT2D eigenvalue weighted by Gasteiger charge is 2.51. The lowest BCUT2D eigenvalue weighted by molar-refractivity contribution is -0.144. The predicted octanol–water partition coefficient (Wildman–Crippen LogP) is 2.56. The van der Waals surface area contributed by atoms with E-state index in [9.17, 15) is 14.4 Å². The molecule has 3 aliphatic rings. The molecule has 2 fully saturated rings. The van der Waals surface area contributed by atoms with Crippen molar-refractivity contribution in [1.29, 1.82) is 0 Å². The lowest BCUT2D eigenvalue weighted by Gasteiger charge is -2.39. The fourth-order valence-electron chi connectivity index (χ4n) is 4.66. The number of methoxy groups -OCH3 is 2. The van der Waals surface area contributed by atoms with E-state index in [0.717, 1.165) is 45.8 Å². The van der Waals surface area contributed by atoms with Crippen LogP contribution in [0.15, 0.2) is 42.5 Å². The maximum atomic E-state index is 12.9. The number of hydrogen-bond acceptors (Lipinski definition) is 6. The molecule has 4 amide bonds. The molecule has 0 bridgehead atoms. The van der Waals surface area contributed by atoms with Crippen molar-refractivity contribution < 1.29 is 23.9 Å². The van der Waals surface area contributed by atoms with Gasteiger partial charge in [-0.1, -0.05) is 30.3 Å². The minimum Gasteiger partial charge on any atom is -0.493 e. The van der Waals surface area contributed by atoms with Crippen molar-refractivity contribution in [3.05, 3.63) is 59.2 Å². The fraction of sp³-hybridized carbons (Fsp3) is 0.375. The van der Waals surface area contributed by atoms with Crippen molar-refractivity contribution in [3.63, 3.8) is 0 Å². The van der Waals surface area contributed by atoms with Crippen LogP contribution >= 0.6 is 0 Å². The summed E-state index contributed by atoms with van der Waals surface area (Å²) in [6, 6.07) is 13.0. The van der Waals surface area contributed by atoms with Gasteiger partial charge in [0.05, 0.1) is 26.9 Å². The molecule has 0 unspecified atom stereocenters. The molecule has 2 aromatic rings. The highest BCUT2D eigenvalue weighted by Crippen LogP contribution is 2.41. The Morgan fingerprint density at radius 3 is 2.28 bits per heavy atom. The highest BCUT2D eigenvalue weighted by atomic mass is 16.5. The Morgan fingerprint density at radius 1 is 0.938 bits per heavy atom. The van der Waals surface area contributed by atoms with Crippen molar-refractivity contribution in [2.24, 2.45) is 0 Å². The summed E-state index contributed by atoms with van der Waals surface area (Å²) >= 11 is 0. The Morgan fingerprint density at radius 2 is 1.62 bits per heavy atom. The van der Waals surface area contributed by atoms with E-state index in [4.69, 9.17) is 9.47 Å². The lowest BCUT2D eigenvalue weighted by atomic mass is 9.88. The molecule has 2 aromatic carbocycles. The Kier molecular flexibility index (Phi) is 5.09. The molecule has 8 heteroatoms. The van der Waals surface area contributed by atoms with Crippen molar-refractivity contribution in [2.75, 3.05) is 27.4 Å². The SMILES string of the molecule is COc1cc2c(cc1OC)[C@H](c1ccccc1)N(CN1C(=O)C(=O)N(C3CC3)C1=O)CC2. The van der Waals surface area contributed by atoms with E-state index in [-0.39, 0.29) is 18.8 Å². The Hall–Kier alpha value is -3.39. The number of benzene rings is 2. The smallest absolute Gasteiger partial charge is 0.335 e. The summed E-state index contributed by atoms with van der Waals surface area (Å²) in [6.45, 7) is 0.677. The van der Waals surface area contributed by atoms with Crippen LogP contribution in [0.3, 0.4) is 0 Å². The van der Waals surface area contributed by atoms with Crippen LogP contribution in [0.4, 0.5) is 4.79 Å². The zero-order valence-electron chi connectivity index (χ0n) is 18.1. The van der Waals surface area contributed by atoms with Gasteiger partial charge in [-0.3, -0.25) is 19.4 Å². The number of rotatable bonds is 6. The molecule has 1 saturated heterocycles. The van der Waals surface area contributed by atoms with Gasteiger partial charge in [-0.25, -0.2) is 9.69 Å². The summed E-state index contributed by atoms with van der Waals surface area (Å²) in [5.74, 6) is -0.163. The lowest BCUT2D eigenvalue weighted by Crippen LogP contribution is -2.46. The number of carbonyl (C=O) groups is 3. The van der Waals surface area contributed by atoms with Crippen LogP contribution < -0.4 is 9.47 Å². The average molecular weight is 435 g/mol. The first-order chi connectivity index (χ1) is 15.5. The quantitative estimate of drug-likeness (QED) is 0.513. The second-order valence-corrected chi connectivity index (χ2v) is 8.35. The molecule has 1 aliphatic carbocycles. The van der Waals surface area contributed by atoms with Crippen LogP contribution in [0.25, 0.3) is 0 Å². The molecule has 32 heavy (non-hydrogen) atoms. The summed E-state index contributed by atoms with van der Waals surface area (Å²) in [7, 11) is 3.21. The number of urea groups is 1. The first kappa shape index (κ1) is 20.5. The van der Waals surface area contributed by atoms with Gasteiger partial charge in [0, 0.05) is 12.6 Å². The molecule has 1 atom stereocenters. The molecule has 166 valence electrons. The largest absolute Gasteiger partial charge is 0.493 e. The third-order valence-corrected chi connectivity index (χ3v) is 6.41. The summed E-state index contributed by atoms with van der Waals surface area (Å²) in [6.07, 6.45) is 2.25. The Bertz CT molecular complexity index is 1080. The maximum absolute atomic E-state index is 12.9. The third-order valence-electron chi connectivity index (χ3n) is 6.41. The average Bonchev–Trinajstić information content (AvgIpc) is 3.63. The van der Waals surface area contributed by atoms with Crippen LogP contribution in [0.2, 0.25) is 0 Å². The molecule has 2 aliphatic heterocycles. The molecule has 0 N–H and O–H groups in total. The van der Waals surface area contributed by atoms with E-state index < -0.39 is 17.8 Å². The molecular formula is C24H25N3O5. The van der Waals surface area contributed by atoms with Gasteiger partial charge in [0.2, 0.25) is 0 Å². The van der Waals surface area contributed by atoms with Crippen molar-refractivity contribution in [2.45, 2.75) is 31.3 Å². The molecule has 0 spiro atoms. The Labute approximate surface area is 186 Å². The topological polar surface area (TPSA) is 79.4 Å². The van der Waals surface area contributed by atoms with Crippen LogP contribution in [0, 0.1) is 0 Å². The van der Waals surface area contributed by atoms with Crippen molar-refractivity contribution in [1.82, 2.24) is 14.7 Å². The van der Waals surface area contributed by atoms with Crippen molar-refractivity contribution >= 4 is 17.8 Å². The van der Waals surface area contributed by atoms with Gasteiger partial charge in [0.1, 0.15) is 0 Å². The number of carbonyl (C=O) groups excluding carboxylic acids is 3. The van der Waals surface area contributed by atoms with Gasteiger partial charge in [0.25, 0.3) is 0 Å². The first-order valence-electron chi connectivity index (χ1n) is 10.8. The van der Waals surface area contributed by atoms with E-state index in [0.29, 0.717) is 18.0 Å². The van der Waals surface area contributed by atoms with E-state index in [1.807, 2.05) is 42.5 Å². The zero-order chi connectivity index (χ0) is 22.4. The first-order valence-corrected chi connectivity index (χ1v) is 10.8. The number of ether oxygens (including phenoxy) is 2. The fourth-order valence-corrected chi connectivity index (χ4v) is 4.66. The maximum Gasteiger partial charge on any atom is 0.335 e. The molecule has 0 radical (unpaired) electrons. The molecule has 8 nitrogen and oxygen atoms in total. The molecule has 2 heterocycles. The normalized spacial score (nSPS) is 21.2. The van der Waals surface area contributed by atoms with Gasteiger partial charge in [0.15, 0.2) is 11.5 Å². The van der Waals surface area contributed by atoms with Gasteiger partial charge in [-0.2, -0.15) is 0 Å². The third kappa shape index (κ3) is 3.31. The molecule has 5 rings (SSSR count). The van der Waals surface area contributed by atoms with E-state index >= 15 is 0 Å². The number of nitrogens with zero attached hydrogens (tertiary/aromatic N) is 3. The molecule has 1 saturated carbocycles. The van der Waals surface area contributed by atoms with Crippen LogP contribution in [0.1, 0.15) is 35.6 Å². The van der Waals surface area contributed by atoms with Crippen LogP contribution in [-0.2, 0) is 16.0 Å². The zero-order valence-corrected chi connectivity index (χ0v) is 18.1. The van der Waals surface area contributed by atoms with E-state index in [1.54, 1.807) is 14.2 Å². The highest BCUT2D eigenvalue weighted by molar-refractivity contribution is 6.44. The Balaban J connectivity index is 1.52. The van der Waals surface area contributed by atoms with Gasteiger partial charge < -0.3 is 9.47 Å². The minimum atomic E-state index is -0.744. The number of imide groups is 2. The standard InChI is InChI=1S/C24H25N3O5/c1-31-19-12-16-10-11-25(14-26-22(28)23(29)27(24(26)30)17-8-9-17)21(15-6-4-3-5-7-15)18(16)13-20(19)32-2/h3-7,12-13,17,21H,8-11,14H2,1-2H3/t21-/m0/s1.